The van der Waals surface area contributed by atoms with Crippen LogP contribution in [0.25, 0.3) is 11.3 Å². The number of hydrogen-bond donors (Lipinski definition) is 2. The molecule has 2 N–H and O–H groups in total. The van der Waals surface area contributed by atoms with Crippen molar-refractivity contribution in [1.82, 2.24) is 20.4 Å². The lowest BCUT2D eigenvalue weighted by atomic mass is 9.85. The Hall–Kier alpha value is -2.34. The molecule has 2 aromatic rings. The van der Waals surface area contributed by atoms with E-state index < -0.39 is 0 Å². The molecule has 0 radical (unpaired) electrons. The second kappa shape index (κ2) is 8.13. The van der Waals surface area contributed by atoms with Crippen LogP contribution in [-0.4, -0.2) is 54.3 Å². The Morgan fingerprint density at radius 2 is 2.07 bits per heavy atom. The number of methoxy groups -OCH3 is 1. The van der Waals surface area contributed by atoms with Crippen molar-refractivity contribution in [2.75, 3.05) is 33.3 Å². The van der Waals surface area contributed by atoms with E-state index in [1.54, 1.807) is 7.11 Å². The van der Waals surface area contributed by atoms with Crippen molar-refractivity contribution < 1.29 is 9.53 Å². The highest BCUT2D eigenvalue weighted by Crippen LogP contribution is 2.32. The predicted molar refractivity (Wildman–Crippen MR) is 105 cm³/mol. The first kappa shape index (κ1) is 18.0. The van der Waals surface area contributed by atoms with Gasteiger partial charge >= 0.3 is 0 Å². The third kappa shape index (κ3) is 4.00. The molecule has 1 atom stereocenters. The number of fused-ring (bicyclic) bond motifs is 1. The van der Waals surface area contributed by atoms with Crippen LogP contribution in [0.15, 0.2) is 24.3 Å². The predicted octanol–water partition coefficient (Wildman–Crippen LogP) is 2.40. The molecule has 1 aromatic carbocycles. The van der Waals surface area contributed by atoms with Crippen LogP contribution in [0.3, 0.4) is 0 Å². The molecule has 144 valence electrons. The Balaban J connectivity index is 1.39. The zero-order valence-corrected chi connectivity index (χ0v) is 16.0. The van der Waals surface area contributed by atoms with Gasteiger partial charge in [0.25, 0.3) is 0 Å². The molecule has 0 bridgehead atoms. The van der Waals surface area contributed by atoms with E-state index in [4.69, 9.17) is 4.74 Å². The fourth-order valence-corrected chi connectivity index (χ4v) is 4.19. The Morgan fingerprint density at radius 3 is 2.81 bits per heavy atom. The average Bonchev–Trinajstić information content (AvgIpc) is 3.37. The van der Waals surface area contributed by atoms with Gasteiger partial charge in [0.05, 0.1) is 12.8 Å². The number of H-pyrrole nitrogens is 1. The Labute approximate surface area is 160 Å². The fourth-order valence-electron chi connectivity index (χ4n) is 4.19. The number of aromatic amines is 1. The van der Waals surface area contributed by atoms with Crippen LogP contribution < -0.4 is 10.1 Å². The molecule has 6 nitrogen and oxygen atoms in total. The lowest BCUT2D eigenvalue weighted by molar-refractivity contribution is -0.125. The molecule has 27 heavy (non-hydrogen) atoms. The minimum absolute atomic E-state index is 0.0330. The van der Waals surface area contributed by atoms with Crippen molar-refractivity contribution in [2.24, 2.45) is 5.92 Å². The number of carbonyl (C=O) groups excluding carboxylic acids is 1. The minimum atomic E-state index is 0.0330. The van der Waals surface area contributed by atoms with Crippen molar-refractivity contribution in [3.63, 3.8) is 0 Å². The number of aromatic nitrogens is 2. The number of likely N-dealkylation sites (tertiary alicyclic amines) is 1. The van der Waals surface area contributed by atoms with E-state index in [1.165, 1.54) is 37.2 Å². The third-order valence-electron chi connectivity index (χ3n) is 5.81. The van der Waals surface area contributed by atoms with Gasteiger partial charge in [-0.3, -0.25) is 9.89 Å². The van der Waals surface area contributed by atoms with E-state index in [0.29, 0.717) is 0 Å². The maximum Gasteiger partial charge on any atom is 0.223 e. The van der Waals surface area contributed by atoms with Crippen molar-refractivity contribution >= 4 is 5.91 Å². The first-order chi connectivity index (χ1) is 13.2. The van der Waals surface area contributed by atoms with E-state index in [2.05, 4.69) is 20.4 Å². The molecule has 2 heterocycles. The fraction of sp³-hybridized carbons (Fsp3) is 0.524. The van der Waals surface area contributed by atoms with Crippen LogP contribution in [0.1, 0.15) is 30.5 Å². The van der Waals surface area contributed by atoms with Gasteiger partial charge in [0, 0.05) is 35.8 Å². The van der Waals surface area contributed by atoms with Crippen LogP contribution in [0.2, 0.25) is 0 Å². The SMILES string of the molecule is COc1ccc(-c2n[nH]c3c2C[C@@H](C(=O)NCCN2CCCC2)CC3)cc1. The van der Waals surface area contributed by atoms with Gasteiger partial charge in [-0.15, -0.1) is 0 Å². The molecule has 0 saturated carbocycles. The molecular weight excluding hydrogens is 340 g/mol. The highest BCUT2D eigenvalue weighted by molar-refractivity contribution is 5.80. The van der Waals surface area contributed by atoms with Crippen LogP contribution >= 0.6 is 0 Å². The van der Waals surface area contributed by atoms with Gasteiger partial charge in [-0.1, -0.05) is 0 Å². The Morgan fingerprint density at radius 1 is 1.30 bits per heavy atom. The summed E-state index contributed by atoms with van der Waals surface area (Å²) in [5, 5.41) is 10.8. The summed E-state index contributed by atoms with van der Waals surface area (Å²) in [4.78, 5) is 15.1. The summed E-state index contributed by atoms with van der Waals surface area (Å²) in [6.07, 6.45) is 5.08. The van der Waals surface area contributed by atoms with Crippen molar-refractivity contribution in [1.29, 1.82) is 0 Å². The maximum absolute atomic E-state index is 12.7. The molecule has 1 aromatic heterocycles. The second-order valence-electron chi connectivity index (χ2n) is 7.54. The average molecular weight is 368 g/mol. The normalized spacial score (nSPS) is 19.7. The summed E-state index contributed by atoms with van der Waals surface area (Å²) in [5.41, 5.74) is 4.37. The smallest absolute Gasteiger partial charge is 0.223 e. The van der Waals surface area contributed by atoms with Gasteiger partial charge in [-0.2, -0.15) is 5.10 Å². The molecule has 1 fully saturated rings. The van der Waals surface area contributed by atoms with Gasteiger partial charge in [-0.05, 0) is 69.5 Å². The molecule has 6 heteroatoms. The number of hydrogen-bond acceptors (Lipinski definition) is 4. The summed E-state index contributed by atoms with van der Waals surface area (Å²) in [7, 11) is 1.67. The topological polar surface area (TPSA) is 70.2 Å². The van der Waals surface area contributed by atoms with Crippen molar-refractivity contribution in [2.45, 2.75) is 32.1 Å². The monoisotopic (exact) mass is 368 g/mol. The van der Waals surface area contributed by atoms with Crippen molar-refractivity contribution in [3.05, 3.63) is 35.5 Å². The third-order valence-corrected chi connectivity index (χ3v) is 5.81. The number of carbonyl (C=O) groups is 1. The number of benzene rings is 1. The zero-order valence-electron chi connectivity index (χ0n) is 16.0. The van der Waals surface area contributed by atoms with E-state index in [-0.39, 0.29) is 11.8 Å². The zero-order chi connectivity index (χ0) is 18.6. The molecule has 1 amide bonds. The van der Waals surface area contributed by atoms with Gasteiger partial charge in [0.2, 0.25) is 5.91 Å². The lowest BCUT2D eigenvalue weighted by Gasteiger charge is -2.22. The quantitative estimate of drug-likeness (QED) is 0.821. The Bertz CT molecular complexity index is 778. The van der Waals surface area contributed by atoms with Gasteiger partial charge in [0.1, 0.15) is 5.75 Å². The Kier molecular flexibility index (Phi) is 5.43. The summed E-state index contributed by atoms with van der Waals surface area (Å²) in [5.74, 6) is 1.05. The summed E-state index contributed by atoms with van der Waals surface area (Å²) in [6, 6.07) is 7.94. The molecule has 1 aliphatic heterocycles. The van der Waals surface area contributed by atoms with Crippen LogP contribution in [0, 0.1) is 5.92 Å². The highest BCUT2D eigenvalue weighted by atomic mass is 16.5. The van der Waals surface area contributed by atoms with Crippen LogP contribution in [-0.2, 0) is 17.6 Å². The van der Waals surface area contributed by atoms with Gasteiger partial charge in [0.15, 0.2) is 0 Å². The summed E-state index contributed by atoms with van der Waals surface area (Å²) < 4.78 is 5.24. The second-order valence-corrected chi connectivity index (χ2v) is 7.54. The molecular formula is C21H28N4O2. The number of aryl methyl sites for hydroxylation is 1. The number of amides is 1. The number of nitrogens with zero attached hydrogens (tertiary/aromatic N) is 2. The minimum Gasteiger partial charge on any atom is -0.497 e. The standard InChI is InChI=1S/C21H28N4O2/c1-27-17-7-4-15(5-8-17)20-18-14-16(6-9-19(18)23-24-20)21(26)22-10-13-25-11-2-3-12-25/h4-5,7-8,16H,2-3,6,9-14H2,1H3,(H,22,26)(H,23,24)/t16-/m0/s1. The number of nitrogens with one attached hydrogen (secondary N) is 2. The van der Waals surface area contributed by atoms with E-state index in [1.807, 2.05) is 24.3 Å². The first-order valence-electron chi connectivity index (χ1n) is 9.95. The molecule has 0 spiro atoms. The number of rotatable bonds is 6. The highest BCUT2D eigenvalue weighted by Gasteiger charge is 2.28. The van der Waals surface area contributed by atoms with Crippen LogP contribution in [0.4, 0.5) is 0 Å². The summed E-state index contributed by atoms with van der Waals surface area (Å²) in [6.45, 7) is 4.05. The largest absolute Gasteiger partial charge is 0.497 e. The van der Waals surface area contributed by atoms with Crippen molar-refractivity contribution in [3.8, 4) is 17.0 Å². The van der Waals surface area contributed by atoms with Gasteiger partial charge in [-0.25, -0.2) is 0 Å². The van der Waals surface area contributed by atoms with Crippen LogP contribution in [0.5, 0.6) is 5.75 Å². The first-order valence-corrected chi connectivity index (χ1v) is 9.95. The molecule has 2 aliphatic rings. The molecule has 1 aliphatic carbocycles. The molecule has 4 rings (SSSR count). The maximum atomic E-state index is 12.7. The molecule has 0 unspecified atom stereocenters. The lowest BCUT2D eigenvalue weighted by Crippen LogP contribution is -2.38. The van der Waals surface area contributed by atoms with E-state index in [9.17, 15) is 4.79 Å². The van der Waals surface area contributed by atoms with E-state index in [0.717, 1.165) is 49.4 Å². The van der Waals surface area contributed by atoms with Gasteiger partial charge < -0.3 is 15.0 Å². The summed E-state index contributed by atoms with van der Waals surface area (Å²) >= 11 is 0. The molecule has 1 saturated heterocycles. The number of ether oxygens (including phenoxy) is 1. The van der Waals surface area contributed by atoms with E-state index >= 15 is 0 Å².